The van der Waals surface area contributed by atoms with Gasteiger partial charge in [0.2, 0.25) is 0 Å². The minimum Gasteiger partial charge on any atom is -0.496 e. The van der Waals surface area contributed by atoms with E-state index in [9.17, 15) is 9.59 Å². The Morgan fingerprint density at radius 1 is 1.12 bits per heavy atom. The Kier molecular flexibility index (Phi) is 6.29. The molecule has 206 valence electrons. The number of nitrogens with one attached hydrogen (secondary N) is 1. The predicted octanol–water partition coefficient (Wildman–Crippen LogP) is 6.07. The minimum absolute atomic E-state index is 0.112. The number of nitrogens with zero attached hydrogens (tertiary/aromatic N) is 5. The Hall–Kier alpha value is -4.39. The topological polar surface area (TPSA) is 113 Å². The number of aromatic nitrogens is 3. The number of anilines is 2. The molecule has 0 bridgehead atoms. The van der Waals surface area contributed by atoms with Gasteiger partial charge in [-0.1, -0.05) is 35.3 Å². The Bertz CT molecular complexity index is 1830. The van der Waals surface area contributed by atoms with Crippen molar-refractivity contribution in [2.24, 2.45) is 0 Å². The molecule has 9 nitrogen and oxygen atoms in total. The van der Waals surface area contributed by atoms with Crippen LogP contribution in [0.2, 0.25) is 10.0 Å². The summed E-state index contributed by atoms with van der Waals surface area (Å²) in [7, 11) is 1.52. The number of halogens is 2. The van der Waals surface area contributed by atoms with E-state index in [1.807, 2.05) is 31.4 Å². The summed E-state index contributed by atoms with van der Waals surface area (Å²) in [6.07, 6.45) is 1.70. The molecular formula is C30H24Cl2N6O3. The van der Waals surface area contributed by atoms with Crippen LogP contribution in [0.25, 0.3) is 11.4 Å². The van der Waals surface area contributed by atoms with Gasteiger partial charge in [-0.3, -0.25) is 19.5 Å². The first kappa shape index (κ1) is 26.8. The van der Waals surface area contributed by atoms with Crippen molar-refractivity contribution in [3.8, 4) is 23.2 Å². The average Bonchev–Trinajstić information content (AvgIpc) is 3.54. The van der Waals surface area contributed by atoms with Crippen LogP contribution in [0.5, 0.6) is 5.75 Å². The second kappa shape index (κ2) is 9.61. The zero-order chi connectivity index (χ0) is 29.2. The van der Waals surface area contributed by atoms with E-state index in [1.165, 1.54) is 12.0 Å². The third kappa shape index (κ3) is 3.75. The van der Waals surface area contributed by atoms with Crippen molar-refractivity contribution >= 4 is 46.4 Å². The number of ether oxygens (including phenoxy) is 1. The molecule has 0 radical (unpaired) electrons. The lowest BCUT2D eigenvalue weighted by molar-refractivity contribution is -0.119. The number of amides is 2. The first-order chi connectivity index (χ1) is 19.6. The molecular weight excluding hydrogens is 563 g/mol. The number of nitriles is 1. The molecule has 4 heterocycles. The van der Waals surface area contributed by atoms with Crippen molar-refractivity contribution in [2.45, 2.75) is 38.8 Å². The maximum Gasteiger partial charge on any atom is 0.280 e. The average molecular weight is 587 g/mol. The van der Waals surface area contributed by atoms with Crippen LogP contribution in [-0.2, 0) is 16.8 Å². The molecule has 2 amide bonds. The van der Waals surface area contributed by atoms with Gasteiger partial charge in [-0.05, 0) is 50.6 Å². The Labute approximate surface area is 246 Å². The van der Waals surface area contributed by atoms with Gasteiger partial charge < -0.3 is 14.6 Å². The number of carbonyl (C=O) groups excluding carboxylic acids is 2. The van der Waals surface area contributed by atoms with Gasteiger partial charge in [0.05, 0.1) is 42.2 Å². The van der Waals surface area contributed by atoms with Crippen LogP contribution in [0.3, 0.4) is 0 Å². The number of fused-ring (bicyclic) bond motifs is 4. The molecule has 0 saturated heterocycles. The standard InChI is InChI=1S/C30H24Cl2N6O3/c1-15(2)37-26-25(36-27(37)20-14-34-19(9-10-33)13-24(20)41-4)28(39)38(23-12-18(32)6-5-16(23)3)30(26)21-8-7-17(31)11-22(21)35-29(30)40/h5-8,11-15H,9H2,1-4H3,(H,35,40)/t30-/m1/s1. The largest absolute Gasteiger partial charge is 0.496 e. The summed E-state index contributed by atoms with van der Waals surface area (Å²) in [5, 5.41) is 13.0. The van der Waals surface area contributed by atoms with Gasteiger partial charge in [-0.25, -0.2) is 4.98 Å². The van der Waals surface area contributed by atoms with Crippen LogP contribution in [0.4, 0.5) is 11.4 Å². The smallest absolute Gasteiger partial charge is 0.280 e. The summed E-state index contributed by atoms with van der Waals surface area (Å²) in [5.74, 6) is 0.00669. The van der Waals surface area contributed by atoms with E-state index in [1.54, 1.807) is 42.6 Å². The van der Waals surface area contributed by atoms with Gasteiger partial charge in [-0.2, -0.15) is 5.26 Å². The van der Waals surface area contributed by atoms with Crippen molar-refractivity contribution in [1.82, 2.24) is 14.5 Å². The highest BCUT2D eigenvalue weighted by atomic mass is 35.5. The Morgan fingerprint density at radius 3 is 2.56 bits per heavy atom. The highest BCUT2D eigenvalue weighted by Crippen LogP contribution is 2.55. The zero-order valence-corrected chi connectivity index (χ0v) is 24.1. The van der Waals surface area contributed by atoms with Crippen LogP contribution in [0.1, 0.15) is 52.9 Å². The fraction of sp³-hybridized carbons (Fsp3) is 0.233. The quantitative estimate of drug-likeness (QED) is 0.303. The van der Waals surface area contributed by atoms with Crippen molar-refractivity contribution < 1.29 is 14.3 Å². The lowest BCUT2D eigenvalue weighted by Crippen LogP contribution is -2.51. The van der Waals surface area contributed by atoms with Crippen LogP contribution < -0.4 is 15.0 Å². The maximum absolute atomic E-state index is 14.5. The second-order valence-electron chi connectivity index (χ2n) is 10.2. The number of hydrogen-bond donors (Lipinski definition) is 1. The SMILES string of the molecule is COc1cc(CC#N)ncc1-c1nc2c(n1C(C)C)[C@]1(C(=O)Nc3cc(Cl)ccc31)N(c1cc(Cl)ccc1C)C2=O. The molecule has 1 spiro atoms. The van der Waals surface area contributed by atoms with Crippen molar-refractivity contribution in [2.75, 3.05) is 17.3 Å². The predicted molar refractivity (Wildman–Crippen MR) is 156 cm³/mol. The van der Waals surface area contributed by atoms with E-state index in [0.29, 0.717) is 55.5 Å². The van der Waals surface area contributed by atoms with Crippen molar-refractivity contribution in [3.63, 3.8) is 0 Å². The highest BCUT2D eigenvalue weighted by Gasteiger charge is 2.64. The summed E-state index contributed by atoms with van der Waals surface area (Å²) in [6, 6.07) is 13.9. The third-order valence-corrected chi connectivity index (χ3v) is 7.99. The highest BCUT2D eigenvalue weighted by molar-refractivity contribution is 6.32. The van der Waals surface area contributed by atoms with E-state index >= 15 is 0 Å². The van der Waals surface area contributed by atoms with Crippen LogP contribution >= 0.6 is 23.2 Å². The molecule has 0 aliphatic carbocycles. The molecule has 0 saturated carbocycles. The van der Waals surface area contributed by atoms with E-state index in [-0.39, 0.29) is 18.2 Å². The third-order valence-electron chi connectivity index (χ3n) is 7.52. The molecule has 1 N–H and O–H groups in total. The van der Waals surface area contributed by atoms with Gasteiger partial charge in [0.15, 0.2) is 11.2 Å². The lowest BCUT2D eigenvalue weighted by atomic mass is 9.86. The number of rotatable bonds is 5. The van der Waals surface area contributed by atoms with Gasteiger partial charge in [0, 0.05) is 39.6 Å². The Morgan fingerprint density at radius 2 is 1.85 bits per heavy atom. The fourth-order valence-electron chi connectivity index (χ4n) is 5.82. The molecule has 6 rings (SSSR count). The van der Waals surface area contributed by atoms with Crippen LogP contribution in [-0.4, -0.2) is 33.5 Å². The summed E-state index contributed by atoms with van der Waals surface area (Å²) in [6.45, 7) is 5.77. The summed E-state index contributed by atoms with van der Waals surface area (Å²) < 4.78 is 7.56. The minimum atomic E-state index is -1.60. The monoisotopic (exact) mass is 586 g/mol. The molecule has 11 heteroatoms. The molecule has 2 aromatic heterocycles. The van der Waals surface area contributed by atoms with Gasteiger partial charge in [0.1, 0.15) is 11.6 Å². The molecule has 2 aliphatic rings. The number of carbonyl (C=O) groups is 2. The second-order valence-corrected chi connectivity index (χ2v) is 11.1. The van der Waals surface area contributed by atoms with E-state index < -0.39 is 17.4 Å². The molecule has 0 fully saturated rings. The van der Waals surface area contributed by atoms with E-state index in [4.69, 9.17) is 38.2 Å². The van der Waals surface area contributed by atoms with Gasteiger partial charge in [0.25, 0.3) is 11.8 Å². The number of pyridine rings is 1. The molecule has 0 unspecified atom stereocenters. The number of imidazole rings is 1. The van der Waals surface area contributed by atoms with Gasteiger partial charge in [-0.15, -0.1) is 0 Å². The molecule has 2 aromatic carbocycles. The van der Waals surface area contributed by atoms with Crippen LogP contribution in [0.15, 0.2) is 48.7 Å². The Balaban J connectivity index is 1.71. The number of aryl methyl sites for hydroxylation is 1. The van der Waals surface area contributed by atoms with Crippen LogP contribution in [0, 0.1) is 18.3 Å². The number of hydrogen-bond acceptors (Lipinski definition) is 6. The van der Waals surface area contributed by atoms with Gasteiger partial charge >= 0.3 is 0 Å². The normalized spacial score (nSPS) is 17.2. The molecule has 41 heavy (non-hydrogen) atoms. The fourth-order valence-corrected chi connectivity index (χ4v) is 6.16. The number of benzene rings is 2. The first-order valence-corrected chi connectivity index (χ1v) is 13.6. The molecule has 2 aliphatic heterocycles. The number of methoxy groups -OCH3 is 1. The molecule has 1 atom stereocenters. The van der Waals surface area contributed by atoms with Crippen molar-refractivity contribution in [3.05, 3.63) is 86.9 Å². The van der Waals surface area contributed by atoms with E-state index in [2.05, 4.69) is 16.4 Å². The lowest BCUT2D eigenvalue weighted by Gasteiger charge is -2.36. The summed E-state index contributed by atoms with van der Waals surface area (Å²) in [5.41, 5.74) is 2.36. The summed E-state index contributed by atoms with van der Waals surface area (Å²) >= 11 is 12.7. The maximum atomic E-state index is 14.5. The summed E-state index contributed by atoms with van der Waals surface area (Å²) in [4.78, 5) is 39.6. The first-order valence-electron chi connectivity index (χ1n) is 12.9. The zero-order valence-electron chi connectivity index (χ0n) is 22.6. The van der Waals surface area contributed by atoms with Crippen molar-refractivity contribution in [1.29, 1.82) is 5.26 Å². The van der Waals surface area contributed by atoms with E-state index in [0.717, 1.165) is 5.56 Å². The molecule has 4 aromatic rings.